The van der Waals surface area contributed by atoms with Gasteiger partial charge >= 0.3 is 23.9 Å². The number of nitrogens with one attached hydrogen (secondary N) is 3. The minimum atomic E-state index is -1.42. The summed E-state index contributed by atoms with van der Waals surface area (Å²) in [5.74, 6) is -3.84. The third-order valence-electron chi connectivity index (χ3n) is 4.17. The zero-order chi connectivity index (χ0) is 22.5. The van der Waals surface area contributed by atoms with Gasteiger partial charge in [0.1, 0.15) is 12.1 Å². The van der Waals surface area contributed by atoms with Crippen LogP contribution in [-0.2, 0) is 20.9 Å². The topological polar surface area (TPSA) is 165 Å². The molecule has 0 heterocycles. The number of hydrogen-bond acceptors (Lipinski definition) is 5. The van der Waals surface area contributed by atoms with Gasteiger partial charge in [0, 0.05) is 18.0 Å². The number of amides is 2. The highest BCUT2D eigenvalue weighted by Crippen LogP contribution is 2.10. The van der Waals surface area contributed by atoms with Gasteiger partial charge in [-0.05, 0) is 49.9 Å². The first-order chi connectivity index (χ1) is 14.2. The fourth-order valence-corrected chi connectivity index (χ4v) is 2.83. The van der Waals surface area contributed by atoms with E-state index in [0.29, 0.717) is 31.0 Å². The summed E-state index contributed by atoms with van der Waals surface area (Å²) in [5.41, 5.74) is 1.03. The molecule has 0 aromatic heterocycles. The first-order valence-corrected chi connectivity index (χ1v) is 9.76. The molecule has 11 heteroatoms. The minimum absolute atomic E-state index is 0.161. The van der Waals surface area contributed by atoms with Crippen LogP contribution in [0.2, 0.25) is 5.02 Å². The van der Waals surface area contributed by atoms with Gasteiger partial charge in [-0.1, -0.05) is 23.7 Å². The zero-order valence-electron chi connectivity index (χ0n) is 16.3. The van der Waals surface area contributed by atoms with E-state index in [4.69, 9.17) is 21.8 Å². The Kier molecular flexibility index (Phi) is 11.2. The summed E-state index contributed by atoms with van der Waals surface area (Å²) in [5, 5.41) is 35.1. The van der Waals surface area contributed by atoms with Crippen LogP contribution in [0.4, 0.5) is 4.79 Å². The van der Waals surface area contributed by atoms with E-state index in [9.17, 15) is 24.3 Å². The Bertz CT molecular complexity index is 745. The van der Waals surface area contributed by atoms with Crippen LogP contribution in [0.25, 0.3) is 0 Å². The fraction of sp³-hybridized carbons (Fsp3) is 0.474. The molecule has 0 spiro atoms. The van der Waals surface area contributed by atoms with Gasteiger partial charge in [-0.3, -0.25) is 4.79 Å². The van der Waals surface area contributed by atoms with E-state index in [0.717, 1.165) is 5.56 Å². The summed E-state index contributed by atoms with van der Waals surface area (Å²) >= 11 is 5.91. The lowest BCUT2D eigenvalue weighted by Crippen LogP contribution is -2.51. The monoisotopic (exact) mass is 443 g/mol. The van der Waals surface area contributed by atoms with Gasteiger partial charge in [-0.25, -0.2) is 14.4 Å². The molecular weight excluding hydrogens is 418 g/mol. The van der Waals surface area contributed by atoms with E-state index in [1.807, 2.05) is 18.2 Å². The number of unbranched alkanes of at least 4 members (excludes halogenated alkanes) is 1. The molecular formula is C19H26ClN3O7. The quantitative estimate of drug-likeness (QED) is 0.236. The highest BCUT2D eigenvalue weighted by molar-refractivity contribution is 6.30. The highest BCUT2D eigenvalue weighted by atomic mass is 35.5. The molecule has 6 N–H and O–H groups in total. The molecule has 0 radical (unpaired) electrons. The number of benzene rings is 1. The molecule has 0 aliphatic heterocycles. The maximum absolute atomic E-state index is 11.9. The Morgan fingerprint density at radius 1 is 0.933 bits per heavy atom. The second kappa shape index (κ2) is 13.4. The molecule has 0 bridgehead atoms. The van der Waals surface area contributed by atoms with E-state index in [-0.39, 0.29) is 12.8 Å². The summed E-state index contributed by atoms with van der Waals surface area (Å²) < 4.78 is 0. The molecule has 166 valence electrons. The van der Waals surface area contributed by atoms with Crippen LogP contribution in [0.1, 0.15) is 37.7 Å². The molecule has 2 atom stereocenters. The van der Waals surface area contributed by atoms with Crippen LogP contribution in [0.3, 0.4) is 0 Å². The van der Waals surface area contributed by atoms with E-state index < -0.39 is 42.4 Å². The molecule has 10 nitrogen and oxygen atoms in total. The Morgan fingerprint density at radius 2 is 1.57 bits per heavy atom. The number of urea groups is 1. The Morgan fingerprint density at radius 3 is 2.13 bits per heavy atom. The Balaban J connectivity index is 2.35. The molecule has 0 fully saturated rings. The molecule has 2 unspecified atom stereocenters. The third-order valence-corrected chi connectivity index (χ3v) is 4.40. The van der Waals surface area contributed by atoms with Crippen molar-refractivity contribution >= 4 is 35.5 Å². The SMILES string of the molecule is O=C(O)CCC(NC(=O)NC(CCCCNCc1cccc(Cl)c1)C(=O)O)C(=O)O. The van der Waals surface area contributed by atoms with Crippen LogP contribution >= 0.6 is 11.6 Å². The largest absolute Gasteiger partial charge is 0.481 e. The second-order valence-corrected chi connectivity index (χ2v) is 7.07. The third kappa shape index (κ3) is 10.6. The van der Waals surface area contributed by atoms with E-state index in [2.05, 4.69) is 16.0 Å². The normalized spacial score (nSPS) is 12.6. The fourth-order valence-electron chi connectivity index (χ4n) is 2.62. The molecule has 0 aliphatic rings. The minimum Gasteiger partial charge on any atom is -0.481 e. The first kappa shape index (κ1) is 25.2. The number of carbonyl (C=O) groups excluding carboxylic acids is 1. The zero-order valence-corrected chi connectivity index (χ0v) is 17.0. The number of halogens is 1. The van der Waals surface area contributed by atoms with Crippen molar-refractivity contribution in [3.05, 3.63) is 34.9 Å². The lowest BCUT2D eigenvalue weighted by molar-refractivity contribution is -0.140. The number of rotatable bonds is 14. The van der Waals surface area contributed by atoms with Crippen molar-refractivity contribution in [1.82, 2.24) is 16.0 Å². The van der Waals surface area contributed by atoms with Crippen LogP contribution in [0, 0.1) is 0 Å². The predicted molar refractivity (Wildman–Crippen MR) is 108 cm³/mol. The summed E-state index contributed by atoms with van der Waals surface area (Å²) in [4.78, 5) is 44.9. The summed E-state index contributed by atoms with van der Waals surface area (Å²) in [6.07, 6.45) is 0.593. The van der Waals surface area contributed by atoms with Gasteiger partial charge in [0.05, 0.1) is 0 Å². The van der Waals surface area contributed by atoms with Crippen molar-refractivity contribution in [2.45, 2.75) is 50.7 Å². The van der Waals surface area contributed by atoms with Gasteiger partial charge in [0.2, 0.25) is 0 Å². The number of carboxylic acid groups (broad SMARTS) is 3. The van der Waals surface area contributed by atoms with Gasteiger partial charge in [-0.2, -0.15) is 0 Å². The standard InChI is InChI=1S/C19H26ClN3O7/c20-13-5-3-4-12(10-13)11-21-9-2-1-6-14(17(26)27)22-19(30)23-15(18(28)29)7-8-16(24)25/h3-5,10,14-15,21H,1-2,6-9,11H2,(H,24,25)(H,26,27)(H,28,29)(H2,22,23,30). The molecule has 1 rings (SSSR count). The van der Waals surface area contributed by atoms with Gasteiger partial charge in [-0.15, -0.1) is 0 Å². The lowest BCUT2D eigenvalue weighted by atomic mass is 10.1. The molecule has 1 aromatic rings. The number of carboxylic acids is 3. The number of hydrogen-bond donors (Lipinski definition) is 6. The van der Waals surface area contributed by atoms with E-state index >= 15 is 0 Å². The van der Waals surface area contributed by atoms with Crippen molar-refractivity contribution in [3.8, 4) is 0 Å². The van der Waals surface area contributed by atoms with Crippen molar-refractivity contribution in [1.29, 1.82) is 0 Å². The molecule has 1 aromatic carbocycles. The maximum atomic E-state index is 11.9. The summed E-state index contributed by atoms with van der Waals surface area (Å²) in [6, 6.07) is 3.83. The van der Waals surface area contributed by atoms with Crippen LogP contribution in [0.15, 0.2) is 24.3 Å². The molecule has 0 aliphatic carbocycles. The van der Waals surface area contributed by atoms with Crippen LogP contribution < -0.4 is 16.0 Å². The van der Waals surface area contributed by atoms with Gasteiger partial charge < -0.3 is 31.3 Å². The van der Waals surface area contributed by atoms with Crippen molar-refractivity contribution in [2.24, 2.45) is 0 Å². The second-order valence-electron chi connectivity index (χ2n) is 6.63. The maximum Gasteiger partial charge on any atom is 0.326 e. The molecule has 0 saturated heterocycles. The van der Waals surface area contributed by atoms with Crippen LogP contribution in [-0.4, -0.2) is 57.9 Å². The number of aliphatic carboxylic acids is 3. The van der Waals surface area contributed by atoms with E-state index in [1.54, 1.807) is 6.07 Å². The number of carbonyl (C=O) groups is 4. The molecule has 0 saturated carbocycles. The van der Waals surface area contributed by atoms with Crippen molar-refractivity contribution < 1.29 is 34.5 Å². The lowest BCUT2D eigenvalue weighted by Gasteiger charge is -2.18. The van der Waals surface area contributed by atoms with Crippen molar-refractivity contribution in [2.75, 3.05) is 6.54 Å². The molecule has 2 amide bonds. The van der Waals surface area contributed by atoms with Gasteiger partial charge in [0.25, 0.3) is 0 Å². The summed E-state index contributed by atoms with van der Waals surface area (Å²) in [6.45, 7) is 1.26. The smallest absolute Gasteiger partial charge is 0.326 e. The Labute approximate surface area is 178 Å². The average molecular weight is 444 g/mol. The van der Waals surface area contributed by atoms with E-state index in [1.165, 1.54) is 0 Å². The predicted octanol–water partition coefficient (Wildman–Crippen LogP) is 1.67. The Hall–Kier alpha value is -2.85. The highest BCUT2D eigenvalue weighted by Gasteiger charge is 2.24. The molecule has 30 heavy (non-hydrogen) atoms. The van der Waals surface area contributed by atoms with Crippen molar-refractivity contribution in [3.63, 3.8) is 0 Å². The summed E-state index contributed by atoms with van der Waals surface area (Å²) in [7, 11) is 0. The van der Waals surface area contributed by atoms with Gasteiger partial charge in [0.15, 0.2) is 0 Å². The van der Waals surface area contributed by atoms with Crippen LogP contribution in [0.5, 0.6) is 0 Å². The average Bonchev–Trinajstić information content (AvgIpc) is 2.66. The first-order valence-electron chi connectivity index (χ1n) is 9.38.